The minimum atomic E-state index is -0.243. The molecule has 6 heteroatoms. The fraction of sp³-hybridized carbons (Fsp3) is 0.190. The first-order chi connectivity index (χ1) is 12.9. The standard InChI is InChI=1S/C21H21ClN4O/c1-13(2)17-6-4-5-7-19(17)26-20(27)15-11-23-21(24-12-15)25-16-9-8-14(3)18(22)10-16/h4-13H,1-3H3,(H,26,27)(H,23,24,25). The number of aromatic nitrogens is 2. The molecule has 0 spiro atoms. The van der Waals surface area contributed by atoms with Gasteiger partial charge in [0.15, 0.2) is 0 Å². The van der Waals surface area contributed by atoms with E-state index in [1.165, 1.54) is 12.4 Å². The molecule has 0 aliphatic carbocycles. The minimum absolute atomic E-state index is 0.243. The molecule has 0 unspecified atom stereocenters. The van der Waals surface area contributed by atoms with Crippen molar-refractivity contribution in [1.29, 1.82) is 0 Å². The largest absolute Gasteiger partial charge is 0.324 e. The number of para-hydroxylation sites is 1. The van der Waals surface area contributed by atoms with Crippen LogP contribution in [0.25, 0.3) is 0 Å². The molecule has 0 fully saturated rings. The predicted molar refractivity (Wildman–Crippen MR) is 110 cm³/mol. The van der Waals surface area contributed by atoms with E-state index in [1.54, 1.807) is 0 Å². The van der Waals surface area contributed by atoms with Gasteiger partial charge in [-0.05, 0) is 42.2 Å². The number of aryl methyl sites for hydroxylation is 1. The number of anilines is 3. The smallest absolute Gasteiger partial charge is 0.258 e. The van der Waals surface area contributed by atoms with Crippen LogP contribution >= 0.6 is 11.6 Å². The summed E-state index contributed by atoms with van der Waals surface area (Å²) in [4.78, 5) is 21.0. The topological polar surface area (TPSA) is 66.9 Å². The van der Waals surface area contributed by atoms with Crippen molar-refractivity contribution >= 4 is 34.8 Å². The summed E-state index contributed by atoms with van der Waals surface area (Å²) in [5.74, 6) is 0.465. The van der Waals surface area contributed by atoms with E-state index in [-0.39, 0.29) is 5.91 Å². The van der Waals surface area contributed by atoms with Crippen LogP contribution in [0.2, 0.25) is 5.02 Å². The summed E-state index contributed by atoms with van der Waals surface area (Å²) in [6.07, 6.45) is 3.00. The maximum atomic E-state index is 12.5. The molecule has 0 aliphatic rings. The Kier molecular flexibility index (Phi) is 5.72. The van der Waals surface area contributed by atoms with Crippen LogP contribution in [0, 0.1) is 6.92 Å². The van der Waals surface area contributed by atoms with Gasteiger partial charge in [-0.25, -0.2) is 9.97 Å². The quantitative estimate of drug-likeness (QED) is 0.608. The number of hydrogen-bond acceptors (Lipinski definition) is 4. The maximum Gasteiger partial charge on any atom is 0.258 e. The van der Waals surface area contributed by atoms with Crippen LogP contribution in [-0.4, -0.2) is 15.9 Å². The van der Waals surface area contributed by atoms with E-state index in [9.17, 15) is 4.79 Å². The molecule has 0 saturated heterocycles. The summed E-state index contributed by atoms with van der Waals surface area (Å²) in [6, 6.07) is 13.4. The van der Waals surface area contributed by atoms with Crippen molar-refractivity contribution in [3.05, 3.63) is 76.6 Å². The average molecular weight is 381 g/mol. The molecule has 5 nitrogen and oxygen atoms in total. The van der Waals surface area contributed by atoms with Crippen LogP contribution in [0.4, 0.5) is 17.3 Å². The number of carbonyl (C=O) groups is 1. The summed E-state index contributed by atoms with van der Waals surface area (Å²) in [6.45, 7) is 6.12. The van der Waals surface area contributed by atoms with Crippen molar-refractivity contribution in [2.24, 2.45) is 0 Å². The predicted octanol–water partition coefficient (Wildman–Crippen LogP) is 5.56. The Balaban J connectivity index is 1.71. The first-order valence-corrected chi connectivity index (χ1v) is 9.07. The van der Waals surface area contributed by atoms with Gasteiger partial charge in [0.2, 0.25) is 5.95 Å². The van der Waals surface area contributed by atoms with Crippen molar-refractivity contribution in [2.45, 2.75) is 26.7 Å². The zero-order valence-corrected chi connectivity index (χ0v) is 16.2. The zero-order valence-electron chi connectivity index (χ0n) is 15.5. The van der Waals surface area contributed by atoms with Crippen LogP contribution in [0.3, 0.4) is 0 Å². The Morgan fingerprint density at radius 2 is 1.78 bits per heavy atom. The van der Waals surface area contributed by atoms with Crippen LogP contribution in [0.5, 0.6) is 0 Å². The highest BCUT2D eigenvalue weighted by molar-refractivity contribution is 6.31. The molecule has 0 radical (unpaired) electrons. The van der Waals surface area contributed by atoms with Gasteiger partial charge in [0, 0.05) is 28.8 Å². The number of halogens is 1. The molecule has 138 valence electrons. The molecule has 0 bridgehead atoms. The number of nitrogens with zero attached hydrogens (tertiary/aromatic N) is 2. The lowest BCUT2D eigenvalue weighted by Gasteiger charge is -2.13. The highest BCUT2D eigenvalue weighted by Crippen LogP contribution is 2.24. The van der Waals surface area contributed by atoms with Crippen molar-refractivity contribution in [3.63, 3.8) is 0 Å². The second kappa shape index (κ2) is 8.18. The van der Waals surface area contributed by atoms with E-state index < -0.39 is 0 Å². The minimum Gasteiger partial charge on any atom is -0.324 e. The van der Waals surface area contributed by atoms with Gasteiger partial charge in [-0.3, -0.25) is 4.79 Å². The first kappa shape index (κ1) is 18.9. The lowest BCUT2D eigenvalue weighted by atomic mass is 10.0. The molecule has 2 N–H and O–H groups in total. The normalized spacial score (nSPS) is 10.7. The van der Waals surface area contributed by atoms with Gasteiger partial charge in [0.05, 0.1) is 5.56 Å². The van der Waals surface area contributed by atoms with Crippen LogP contribution in [0.1, 0.15) is 41.3 Å². The number of nitrogens with one attached hydrogen (secondary N) is 2. The molecule has 3 rings (SSSR count). The van der Waals surface area contributed by atoms with E-state index in [4.69, 9.17) is 11.6 Å². The summed E-state index contributed by atoms with van der Waals surface area (Å²) < 4.78 is 0. The second-order valence-corrected chi connectivity index (χ2v) is 6.99. The lowest BCUT2D eigenvalue weighted by molar-refractivity contribution is 0.102. The van der Waals surface area contributed by atoms with Crippen molar-refractivity contribution in [2.75, 3.05) is 10.6 Å². The third-order valence-electron chi connectivity index (χ3n) is 4.17. The molecule has 27 heavy (non-hydrogen) atoms. The molecular weight excluding hydrogens is 360 g/mol. The molecule has 2 aromatic carbocycles. The number of benzene rings is 2. The van der Waals surface area contributed by atoms with Crippen LogP contribution in [-0.2, 0) is 0 Å². The van der Waals surface area contributed by atoms with E-state index in [0.29, 0.717) is 22.5 Å². The number of rotatable bonds is 5. The Hall–Kier alpha value is -2.92. The highest BCUT2D eigenvalue weighted by Gasteiger charge is 2.12. The van der Waals surface area contributed by atoms with Crippen molar-refractivity contribution in [1.82, 2.24) is 9.97 Å². The number of carbonyl (C=O) groups excluding carboxylic acids is 1. The van der Waals surface area contributed by atoms with Gasteiger partial charge in [0.1, 0.15) is 0 Å². The van der Waals surface area contributed by atoms with Gasteiger partial charge < -0.3 is 10.6 Å². The molecule has 0 aliphatic heterocycles. The van der Waals surface area contributed by atoms with Crippen LogP contribution < -0.4 is 10.6 Å². The number of hydrogen-bond donors (Lipinski definition) is 2. The highest BCUT2D eigenvalue weighted by atomic mass is 35.5. The lowest BCUT2D eigenvalue weighted by Crippen LogP contribution is -2.14. The molecule has 0 saturated carbocycles. The van der Waals surface area contributed by atoms with Gasteiger partial charge in [-0.1, -0.05) is 49.7 Å². The van der Waals surface area contributed by atoms with Crippen LogP contribution in [0.15, 0.2) is 54.9 Å². The molecule has 0 atom stereocenters. The SMILES string of the molecule is Cc1ccc(Nc2ncc(C(=O)Nc3ccccc3C(C)C)cn2)cc1Cl. The molecule has 3 aromatic rings. The summed E-state index contributed by atoms with van der Waals surface area (Å²) in [7, 11) is 0. The first-order valence-electron chi connectivity index (χ1n) is 8.69. The monoisotopic (exact) mass is 380 g/mol. The van der Waals surface area contributed by atoms with Crippen molar-refractivity contribution < 1.29 is 4.79 Å². The van der Waals surface area contributed by atoms with Gasteiger partial charge in [-0.2, -0.15) is 0 Å². The summed E-state index contributed by atoms with van der Waals surface area (Å²) >= 11 is 6.13. The van der Waals surface area contributed by atoms with E-state index in [1.807, 2.05) is 49.4 Å². The molecule has 1 aromatic heterocycles. The Bertz CT molecular complexity index is 955. The summed E-state index contributed by atoms with van der Waals surface area (Å²) in [5, 5.41) is 6.67. The van der Waals surface area contributed by atoms with E-state index in [0.717, 1.165) is 22.5 Å². The van der Waals surface area contributed by atoms with Gasteiger partial charge in [0.25, 0.3) is 5.91 Å². The van der Waals surface area contributed by atoms with Gasteiger partial charge >= 0.3 is 0 Å². The third-order valence-corrected chi connectivity index (χ3v) is 4.58. The number of amides is 1. The fourth-order valence-electron chi connectivity index (χ4n) is 2.62. The molecular formula is C21H21ClN4O. The molecule has 1 amide bonds. The Morgan fingerprint density at radius 3 is 2.44 bits per heavy atom. The van der Waals surface area contributed by atoms with E-state index in [2.05, 4.69) is 34.4 Å². The maximum absolute atomic E-state index is 12.5. The Morgan fingerprint density at radius 1 is 1.07 bits per heavy atom. The summed E-state index contributed by atoms with van der Waals surface area (Å²) in [5.41, 5.74) is 4.06. The zero-order chi connectivity index (χ0) is 19.4. The van der Waals surface area contributed by atoms with E-state index >= 15 is 0 Å². The van der Waals surface area contributed by atoms with Crippen molar-refractivity contribution in [3.8, 4) is 0 Å². The fourth-order valence-corrected chi connectivity index (χ4v) is 2.80. The van der Waals surface area contributed by atoms with Gasteiger partial charge in [-0.15, -0.1) is 0 Å². The molecule has 1 heterocycles. The Labute approximate surface area is 163 Å². The average Bonchev–Trinajstić information content (AvgIpc) is 2.65. The second-order valence-electron chi connectivity index (χ2n) is 6.58. The third kappa shape index (κ3) is 4.63.